The number of benzene rings is 1. The van der Waals surface area contributed by atoms with Gasteiger partial charge in [0.1, 0.15) is 6.04 Å². The Bertz CT molecular complexity index is 1080. The number of hydrogen-bond acceptors (Lipinski definition) is 5. The van der Waals surface area contributed by atoms with E-state index in [2.05, 4.69) is 13.8 Å². The van der Waals surface area contributed by atoms with Gasteiger partial charge in [-0.2, -0.15) is 4.31 Å². The van der Waals surface area contributed by atoms with Crippen LogP contribution in [0.2, 0.25) is 0 Å². The number of carbonyl (C=O) groups is 2. The zero-order chi connectivity index (χ0) is 23.6. The molecule has 2 aliphatic rings. The fourth-order valence-electron chi connectivity index (χ4n) is 4.52. The van der Waals surface area contributed by atoms with Crippen LogP contribution in [0, 0.1) is 0 Å². The Morgan fingerprint density at radius 2 is 1.76 bits per heavy atom. The maximum atomic E-state index is 13.2. The van der Waals surface area contributed by atoms with Gasteiger partial charge in [0, 0.05) is 32.7 Å². The lowest BCUT2D eigenvalue weighted by molar-refractivity contribution is -0.136. The number of hydrogen-bond donors (Lipinski definition) is 0. The highest BCUT2D eigenvalue weighted by Crippen LogP contribution is 2.26. The van der Waals surface area contributed by atoms with Gasteiger partial charge >= 0.3 is 0 Å². The van der Waals surface area contributed by atoms with Crippen molar-refractivity contribution in [2.45, 2.75) is 50.0 Å². The summed E-state index contributed by atoms with van der Waals surface area (Å²) in [6, 6.07) is 10.3. The molecule has 2 aromatic rings. The molecule has 1 aromatic carbocycles. The van der Waals surface area contributed by atoms with Crippen molar-refractivity contribution in [3.63, 3.8) is 0 Å². The number of nitrogens with zero attached hydrogens (tertiary/aromatic N) is 3. The van der Waals surface area contributed by atoms with E-state index in [4.69, 9.17) is 0 Å². The summed E-state index contributed by atoms with van der Waals surface area (Å²) in [5.41, 5.74) is 1.13. The molecule has 4 rings (SSSR count). The lowest BCUT2D eigenvalue weighted by Gasteiger charge is -2.36. The summed E-state index contributed by atoms with van der Waals surface area (Å²) in [5, 5.41) is 1.86. The Morgan fingerprint density at radius 3 is 2.36 bits per heavy atom. The summed E-state index contributed by atoms with van der Waals surface area (Å²) in [4.78, 5) is 30.3. The van der Waals surface area contributed by atoms with Crippen LogP contribution in [0.1, 0.15) is 54.3 Å². The second kappa shape index (κ2) is 9.95. The largest absolute Gasteiger partial charge is 0.338 e. The first kappa shape index (κ1) is 23.9. The third-order valence-electron chi connectivity index (χ3n) is 6.78. The highest BCUT2D eigenvalue weighted by molar-refractivity contribution is 7.89. The van der Waals surface area contributed by atoms with Gasteiger partial charge in [-0.25, -0.2) is 8.42 Å². The van der Waals surface area contributed by atoms with Crippen LogP contribution < -0.4 is 0 Å². The second-order valence-corrected chi connectivity index (χ2v) is 11.6. The van der Waals surface area contributed by atoms with E-state index < -0.39 is 16.1 Å². The van der Waals surface area contributed by atoms with Gasteiger partial charge < -0.3 is 9.80 Å². The van der Waals surface area contributed by atoms with Crippen LogP contribution in [0.25, 0.3) is 0 Å². The van der Waals surface area contributed by atoms with Gasteiger partial charge in [0.2, 0.25) is 15.9 Å². The molecule has 2 aliphatic heterocycles. The fourth-order valence-corrected chi connectivity index (χ4v) is 6.62. The number of piperazine rings is 1. The SMILES string of the molecule is CCC(C)c1ccc(S(=O)(=O)N2CCN(C(=O)[C@@H]3CCCN3C(=O)c3cccs3)CC2)cc1. The van der Waals surface area contributed by atoms with Gasteiger partial charge in [0.25, 0.3) is 5.91 Å². The Morgan fingerprint density at radius 1 is 1.06 bits per heavy atom. The molecule has 0 N–H and O–H groups in total. The Labute approximate surface area is 200 Å². The summed E-state index contributed by atoms with van der Waals surface area (Å²) in [6.45, 7) is 5.99. The van der Waals surface area contributed by atoms with E-state index in [1.165, 1.54) is 15.6 Å². The van der Waals surface area contributed by atoms with Crippen LogP contribution in [0.5, 0.6) is 0 Å². The summed E-state index contributed by atoms with van der Waals surface area (Å²) in [6.07, 6.45) is 2.45. The summed E-state index contributed by atoms with van der Waals surface area (Å²) in [7, 11) is -3.60. The average molecular weight is 490 g/mol. The molecule has 0 saturated carbocycles. The van der Waals surface area contributed by atoms with E-state index in [-0.39, 0.29) is 29.8 Å². The van der Waals surface area contributed by atoms with Crippen molar-refractivity contribution < 1.29 is 18.0 Å². The van der Waals surface area contributed by atoms with Crippen molar-refractivity contribution in [3.05, 3.63) is 52.2 Å². The first-order valence-corrected chi connectivity index (χ1v) is 13.9. The zero-order valence-electron chi connectivity index (χ0n) is 19.1. The minimum atomic E-state index is -3.60. The number of likely N-dealkylation sites (tertiary alicyclic amines) is 1. The van der Waals surface area contributed by atoms with Gasteiger partial charge in [-0.3, -0.25) is 9.59 Å². The van der Waals surface area contributed by atoms with E-state index in [9.17, 15) is 18.0 Å². The van der Waals surface area contributed by atoms with Crippen LogP contribution in [0.3, 0.4) is 0 Å². The molecule has 2 amide bonds. The third kappa shape index (κ3) is 4.85. The van der Waals surface area contributed by atoms with Crippen molar-refractivity contribution in [1.29, 1.82) is 0 Å². The number of sulfonamides is 1. The molecule has 2 atom stereocenters. The first-order valence-electron chi connectivity index (χ1n) is 11.6. The second-order valence-electron chi connectivity index (χ2n) is 8.74. The number of amides is 2. The van der Waals surface area contributed by atoms with Crippen LogP contribution in [-0.4, -0.2) is 73.1 Å². The molecule has 0 aliphatic carbocycles. The predicted octanol–water partition coefficient (Wildman–Crippen LogP) is 3.40. The molecule has 3 heterocycles. The Balaban J connectivity index is 1.39. The zero-order valence-corrected chi connectivity index (χ0v) is 20.8. The van der Waals surface area contributed by atoms with Gasteiger partial charge in [-0.15, -0.1) is 11.3 Å². The molecule has 7 nitrogen and oxygen atoms in total. The monoisotopic (exact) mass is 489 g/mol. The Kier molecular flexibility index (Phi) is 7.21. The van der Waals surface area contributed by atoms with Crippen molar-refractivity contribution in [3.8, 4) is 0 Å². The molecule has 9 heteroatoms. The first-order chi connectivity index (χ1) is 15.8. The average Bonchev–Trinajstić information content (AvgIpc) is 3.55. The maximum Gasteiger partial charge on any atom is 0.264 e. The normalized spacial score (nSPS) is 20.7. The van der Waals surface area contributed by atoms with Crippen LogP contribution in [0.4, 0.5) is 0 Å². The lowest BCUT2D eigenvalue weighted by atomic mass is 9.99. The summed E-state index contributed by atoms with van der Waals surface area (Å²) < 4.78 is 27.7. The molecule has 33 heavy (non-hydrogen) atoms. The lowest BCUT2D eigenvalue weighted by Crippen LogP contribution is -2.55. The highest BCUT2D eigenvalue weighted by Gasteiger charge is 2.39. The molecule has 178 valence electrons. The fraction of sp³-hybridized carbons (Fsp3) is 0.500. The maximum absolute atomic E-state index is 13.2. The summed E-state index contributed by atoms with van der Waals surface area (Å²) in [5.74, 6) is 0.216. The van der Waals surface area contributed by atoms with E-state index in [0.717, 1.165) is 18.4 Å². The van der Waals surface area contributed by atoms with Gasteiger partial charge in [-0.1, -0.05) is 32.0 Å². The van der Waals surface area contributed by atoms with Gasteiger partial charge in [-0.05, 0) is 54.3 Å². The van der Waals surface area contributed by atoms with Crippen LogP contribution in [-0.2, 0) is 14.8 Å². The molecule has 2 saturated heterocycles. The standard InChI is InChI=1S/C24H31N3O4S2/c1-3-18(2)19-8-10-20(11-9-19)33(30,31)26-15-13-25(14-16-26)23(28)21-6-4-12-27(21)24(29)22-7-5-17-32-22/h5,7-11,17-18,21H,3-4,6,12-16H2,1-2H3/t18?,21-/m0/s1. The molecule has 0 bridgehead atoms. The Hall–Kier alpha value is -2.23. The quantitative estimate of drug-likeness (QED) is 0.623. The molecular weight excluding hydrogens is 458 g/mol. The molecular formula is C24H31N3O4S2. The van der Waals surface area contributed by atoms with Crippen molar-refractivity contribution >= 4 is 33.2 Å². The minimum absolute atomic E-state index is 0.0765. The molecule has 0 spiro atoms. The number of carbonyl (C=O) groups excluding carboxylic acids is 2. The molecule has 0 radical (unpaired) electrons. The van der Waals surface area contributed by atoms with E-state index >= 15 is 0 Å². The minimum Gasteiger partial charge on any atom is -0.338 e. The van der Waals surface area contributed by atoms with E-state index in [0.29, 0.717) is 36.9 Å². The summed E-state index contributed by atoms with van der Waals surface area (Å²) >= 11 is 1.38. The van der Waals surface area contributed by atoms with Crippen LogP contribution in [0.15, 0.2) is 46.7 Å². The van der Waals surface area contributed by atoms with E-state index in [1.807, 2.05) is 23.6 Å². The highest BCUT2D eigenvalue weighted by atomic mass is 32.2. The van der Waals surface area contributed by atoms with Crippen LogP contribution >= 0.6 is 11.3 Å². The topological polar surface area (TPSA) is 78.0 Å². The third-order valence-corrected chi connectivity index (χ3v) is 9.55. The molecule has 2 fully saturated rings. The van der Waals surface area contributed by atoms with E-state index in [1.54, 1.807) is 28.0 Å². The predicted molar refractivity (Wildman–Crippen MR) is 129 cm³/mol. The van der Waals surface area contributed by atoms with Crippen molar-refractivity contribution in [2.75, 3.05) is 32.7 Å². The number of rotatable bonds is 6. The van der Waals surface area contributed by atoms with Crippen molar-refractivity contribution in [1.82, 2.24) is 14.1 Å². The molecule has 1 unspecified atom stereocenters. The van der Waals surface area contributed by atoms with Crippen molar-refractivity contribution in [2.24, 2.45) is 0 Å². The molecule has 1 aromatic heterocycles. The van der Waals surface area contributed by atoms with Gasteiger partial charge in [0.15, 0.2) is 0 Å². The smallest absolute Gasteiger partial charge is 0.264 e. The van der Waals surface area contributed by atoms with Gasteiger partial charge in [0.05, 0.1) is 9.77 Å². The number of thiophene rings is 1.